The first kappa shape index (κ1) is 26.5. The van der Waals surface area contributed by atoms with Crippen LogP contribution in [0.2, 0.25) is 0 Å². The first-order chi connectivity index (χ1) is 11.3. The zero-order valence-corrected chi connectivity index (χ0v) is 14.9. The summed E-state index contributed by atoms with van der Waals surface area (Å²) in [5.41, 5.74) is 0. The van der Waals surface area contributed by atoms with E-state index in [0.717, 1.165) is 25.2 Å². The van der Waals surface area contributed by atoms with Crippen molar-refractivity contribution in [3.8, 4) is 0 Å². The number of hydrogen-bond acceptors (Lipinski definition) is 7. The van der Waals surface area contributed by atoms with E-state index in [1.807, 2.05) is 6.92 Å². The predicted octanol–water partition coefficient (Wildman–Crippen LogP) is 2.92. The molecule has 0 saturated carbocycles. The number of esters is 3. The van der Waals surface area contributed by atoms with Gasteiger partial charge in [0.15, 0.2) is 6.29 Å². The van der Waals surface area contributed by atoms with Crippen LogP contribution < -0.4 is 0 Å². The fraction of sp³-hybridized carbons (Fsp3) is 0.471. The molecule has 138 valence electrons. The molecule has 0 N–H and O–H groups in total. The van der Waals surface area contributed by atoms with Gasteiger partial charge in [-0.25, -0.2) is 9.59 Å². The zero-order valence-electron chi connectivity index (χ0n) is 14.9. The van der Waals surface area contributed by atoms with E-state index in [1.54, 1.807) is 6.92 Å². The minimum atomic E-state index is -0.490. The lowest BCUT2D eigenvalue weighted by Gasteiger charge is -2.07. The second-order valence-corrected chi connectivity index (χ2v) is 3.95. The number of methoxy groups -OCH3 is 1. The van der Waals surface area contributed by atoms with E-state index < -0.39 is 12.3 Å². The molecule has 24 heavy (non-hydrogen) atoms. The van der Waals surface area contributed by atoms with Gasteiger partial charge in [-0.15, -0.1) is 0 Å². The van der Waals surface area contributed by atoms with Crippen molar-refractivity contribution in [2.24, 2.45) is 0 Å². The lowest BCUT2D eigenvalue weighted by Crippen LogP contribution is -2.14. The van der Waals surface area contributed by atoms with Gasteiger partial charge in [-0.2, -0.15) is 0 Å². The molecule has 0 aliphatic heterocycles. The summed E-state index contributed by atoms with van der Waals surface area (Å²) in [6.07, 6.45) is 4.85. The van der Waals surface area contributed by atoms with Crippen LogP contribution in [-0.2, 0) is 33.3 Å². The zero-order chi connectivity index (χ0) is 19.4. The van der Waals surface area contributed by atoms with E-state index >= 15 is 0 Å². The molecule has 0 aromatic heterocycles. The highest BCUT2D eigenvalue weighted by molar-refractivity contribution is 5.81. The summed E-state index contributed by atoms with van der Waals surface area (Å²) in [7, 11) is 1.46. The quantitative estimate of drug-likeness (QED) is 0.167. The lowest BCUT2D eigenvalue weighted by molar-refractivity contribution is -0.163. The molecule has 1 atom stereocenters. The molecule has 0 aromatic carbocycles. The summed E-state index contributed by atoms with van der Waals surface area (Å²) in [4.78, 5) is 30.5. The number of ether oxygens (including phenoxy) is 4. The Labute approximate surface area is 143 Å². The summed E-state index contributed by atoms with van der Waals surface area (Å²) in [5.74, 6) is -1.13. The number of carbonyl (C=O) groups is 3. The molecular formula is C17H28O7. The van der Waals surface area contributed by atoms with Gasteiger partial charge in [0.1, 0.15) is 0 Å². The molecule has 0 spiro atoms. The van der Waals surface area contributed by atoms with Crippen molar-refractivity contribution in [3.05, 3.63) is 38.2 Å². The fourth-order valence-corrected chi connectivity index (χ4v) is 0.753. The summed E-state index contributed by atoms with van der Waals surface area (Å²) >= 11 is 0. The van der Waals surface area contributed by atoms with Crippen molar-refractivity contribution in [2.45, 2.75) is 39.9 Å². The average Bonchev–Trinajstić information content (AvgIpc) is 2.55. The minimum Gasteiger partial charge on any atom is -0.463 e. The number of carbonyl (C=O) groups excluding carboxylic acids is 3. The Kier molecular flexibility index (Phi) is 22.7. The highest BCUT2D eigenvalue weighted by Crippen LogP contribution is 1.90. The topological polar surface area (TPSA) is 88.1 Å². The fourth-order valence-electron chi connectivity index (χ4n) is 0.753. The van der Waals surface area contributed by atoms with Crippen molar-refractivity contribution < 1.29 is 33.3 Å². The van der Waals surface area contributed by atoms with Crippen LogP contribution >= 0.6 is 0 Å². The maximum Gasteiger partial charge on any atom is 0.332 e. The number of hydrogen-bond donors (Lipinski definition) is 0. The first-order valence-electron chi connectivity index (χ1n) is 7.22. The molecular weight excluding hydrogens is 316 g/mol. The van der Waals surface area contributed by atoms with Crippen LogP contribution in [0, 0.1) is 0 Å². The van der Waals surface area contributed by atoms with E-state index in [-0.39, 0.29) is 11.9 Å². The smallest absolute Gasteiger partial charge is 0.332 e. The van der Waals surface area contributed by atoms with Crippen LogP contribution in [0.5, 0.6) is 0 Å². The normalized spacial score (nSPS) is 9.50. The van der Waals surface area contributed by atoms with E-state index in [9.17, 15) is 14.4 Å². The molecule has 0 radical (unpaired) electrons. The maximum atomic E-state index is 10.4. The van der Waals surface area contributed by atoms with Crippen molar-refractivity contribution in [1.29, 1.82) is 0 Å². The second-order valence-electron chi connectivity index (χ2n) is 3.95. The van der Waals surface area contributed by atoms with Gasteiger partial charge in [0.2, 0.25) is 0 Å². The Bertz CT molecular complexity index is 388. The first-order valence-corrected chi connectivity index (χ1v) is 7.22. The molecule has 0 heterocycles. The van der Waals surface area contributed by atoms with E-state index in [4.69, 9.17) is 0 Å². The number of rotatable bonds is 8. The highest BCUT2D eigenvalue weighted by Gasteiger charge is 2.01. The molecule has 7 nitrogen and oxygen atoms in total. The molecule has 0 aliphatic carbocycles. The third-order valence-corrected chi connectivity index (χ3v) is 1.94. The lowest BCUT2D eigenvalue weighted by atomic mass is 10.4. The van der Waals surface area contributed by atoms with Crippen LogP contribution in [0.15, 0.2) is 38.2 Å². The summed E-state index contributed by atoms with van der Waals surface area (Å²) < 4.78 is 18.0. The number of unbranched alkanes of at least 4 members (excludes halogenated alkanes) is 1. The Hall–Kier alpha value is -2.41. The van der Waals surface area contributed by atoms with Gasteiger partial charge in [-0.3, -0.25) is 4.79 Å². The SMILES string of the molecule is C=CC(=O)OC(C)OC.C=CC(=O)OCCCC.C=COC(C)=O. The molecule has 0 bridgehead atoms. The van der Waals surface area contributed by atoms with Crippen molar-refractivity contribution in [3.63, 3.8) is 0 Å². The van der Waals surface area contributed by atoms with Crippen molar-refractivity contribution in [1.82, 2.24) is 0 Å². The van der Waals surface area contributed by atoms with Crippen LogP contribution in [0.1, 0.15) is 33.6 Å². The summed E-state index contributed by atoms with van der Waals surface area (Å²) in [5, 5.41) is 0. The standard InChI is InChI=1S/C7H12O2.C6H10O3.C4H6O2/c1-3-5-6-9-7(8)4-2;1-4-6(7)9-5(2)8-3;1-3-6-4(2)5/h4H,2-3,5-6H2,1H3;4-5H,1H2,2-3H3;3H,1H2,2H3. The van der Waals surface area contributed by atoms with E-state index in [2.05, 4.69) is 38.7 Å². The van der Waals surface area contributed by atoms with Gasteiger partial charge in [0, 0.05) is 26.2 Å². The van der Waals surface area contributed by atoms with Gasteiger partial charge in [0.05, 0.1) is 12.9 Å². The van der Waals surface area contributed by atoms with E-state index in [1.165, 1.54) is 20.1 Å². The Morgan fingerprint density at radius 1 is 1.08 bits per heavy atom. The Morgan fingerprint density at radius 3 is 1.92 bits per heavy atom. The van der Waals surface area contributed by atoms with Crippen LogP contribution in [-0.4, -0.2) is 37.9 Å². The molecule has 0 aliphatic rings. The van der Waals surface area contributed by atoms with E-state index in [0.29, 0.717) is 6.61 Å². The van der Waals surface area contributed by atoms with Crippen LogP contribution in [0.3, 0.4) is 0 Å². The summed E-state index contributed by atoms with van der Waals surface area (Å²) in [6.45, 7) is 15.1. The van der Waals surface area contributed by atoms with Gasteiger partial charge >= 0.3 is 17.9 Å². The monoisotopic (exact) mass is 344 g/mol. The summed E-state index contributed by atoms with van der Waals surface area (Å²) in [6, 6.07) is 0. The minimum absolute atomic E-state index is 0.329. The second kappa shape index (κ2) is 20.6. The maximum absolute atomic E-state index is 10.4. The Morgan fingerprint density at radius 2 is 1.62 bits per heavy atom. The third kappa shape index (κ3) is 27.9. The molecule has 1 unspecified atom stereocenters. The molecule has 0 saturated heterocycles. The van der Waals surface area contributed by atoms with Crippen molar-refractivity contribution >= 4 is 17.9 Å². The molecule has 0 fully saturated rings. The van der Waals surface area contributed by atoms with Gasteiger partial charge in [-0.1, -0.05) is 33.1 Å². The molecule has 0 aromatic rings. The average molecular weight is 344 g/mol. The third-order valence-electron chi connectivity index (χ3n) is 1.94. The largest absolute Gasteiger partial charge is 0.463 e. The van der Waals surface area contributed by atoms with Gasteiger partial charge < -0.3 is 18.9 Å². The van der Waals surface area contributed by atoms with Gasteiger partial charge in [0.25, 0.3) is 0 Å². The van der Waals surface area contributed by atoms with Crippen molar-refractivity contribution in [2.75, 3.05) is 13.7 Å². The van der Waals surface area contributed by atoms with Crippen LogP contribution in [0.25, 0.3) is 0 Å². The van der Waals surface area contributed by atoms with Crippen LogP contribution in [0.4, 0.5) is 0 Å². The molecule has 0 rings (SSSR count). The van der Waals surface area contributed by atoms with Gasteiger partial charge in [-0.05, 0) is 13.3 Å². The molecule has 7 heteroatoms. The Balaban J connectivity index is -0.000000282. The predicted molar refractivity (Wildman–Crippen MR) is 90.8 cm³/mol. The highest BCUT2D eigenvalue weighted by atomic mass is 16.7. The molecule has 0 amide bonds.